The van der Waals surface area contributed by atoms with Crippen LogP contribution in [0.25, 0.3) is 16.5 Å². The highest BCUT2D eigenvalue weighted by molar-refractivity contribution is 5.91. The van der Waals surface area contributed by atoms with Gasteiger partial charge < -0.3 is 20.1 Å². The van der Waals surface area contributed by atoms with Gasteiger partial charge in [-0.05, 0) is 55.3 Å². The molecule has 33 heavy (non-hydrogen) atoms. The summed E-state index contributed by atoms with van der Waals surface area (Å²) in [6.07, 6.45) is -5.77. The molecule has 0 aliphatic carbocycles. The molecule has 0 fully saturated rings. The number of H-pyrrole nitrogens is 1. The van der Waals surface area contributed by atoms with E-state index in [1.54, 1.807) is 32.0 Å². The van der Waals surface area contributed by atoms with Crippen molar-refractivity contribution in [2.45, 2.75) is 32.0 Å². The van der Waals surface area contributed by atoms with Gasteiger partial charge in [-0.3, -0.25) is 4.79 Å². The molecule has 5 nitrogen and oxygen atoms in total. The fraction of sp³-hybridized carbons (Fsp3) is 0.292. The van der Waals surface area contributed by atoms with Crippen molar-refractivity contribution in [3.8, 4) is 5.75 Å². The monoisotopic (exact) mass is 464 g/mol. The summed E-state index contributed by atoms with van der Waals surface area (Å²) in [5.74, 6) is -0.749. The summed E-state index contributed by atoms with van der Waals surface area (Å²) in [6.45, 7) is 2.34. The van der Waals surface area contributed by atoms with Crippen LogP contribution in [0.1, 0.15) is 25.8 Å². The van der Waals surface area contributed by atoms with Gasteiger partial charge in [0.05, 0.1) is 19.2 Å². The number of ether oxygens (including phenoxy) is 1. The van der Waals surface area contributed by atoms with E-state index in [1.807, 2.05) is 0 Å². The van der Waals surface area contributed by atoms with E-state index < -0.39 is 30.6 Å². The van der Waals surface area contributed by atoms with E-state index in [9.17, 15) is 27.5 Å². The summed E-state index contributed by atoms with van der Waals surface area (Å²) in [6, 6.07) is 11.4. The minimum absolute atomic E-state index is 0.0337. The standard InChI is InChI=1S/C24H24F4N2O3/c1-14(2)17(15-7-9-21(33-3)18(25)11-15)12-23(32,24(26,27)28)13-29-19-5-4-6-20-16(19)8-10-22(31)30-20/h4-11,29,32H,12-13H2,1-3H3,(H,30,31). The molecule has 0 spiro atoms. The van der Waals surface area contributed by atoms with Gasteiger partial charge in [0.1, 0.15) is 0 Å². The molecule has 1 unspecified atom stereocenters. The van der Waals surface area contributed by atoms with Crippen LogP contribution in [-0.2, 0) is 0 Å². The Kier molecular flexibility index (Phi) is 6.83. The Morgan fingerprint density at radius 1 is 1.12 bits per heavy atom. The first kappa shape index (κ1) is 24.3. The van der Waals surface area contributed by atoms with Gasteiger partial charge >= 0.3 is 6.18 Å². The van der Waals surface area contributed by atoms with E-state index >= 15 is 0 Å². The Morgan fingerprint density at radius 3 is 2.45 bits per heavy atom. The van der Waals surface area contributed by atoms with Gasteiger partial charge in [-0.2, -0.15) is 13.2 Å². The molecule has 9 heteroatoms. The Balaban J connectivity index is 1.95. The predicted molar refractivity (Wildman–Crippen MR) is 120 cm³/mol. The van der Waals surface area contributed by atoms with Crippen molar-refractivity contribution in [3.63, 3.8) is 0 Å². The minimum Gasteiger partial charge on any atom is -0.494 e. The highest BCUT2D eigenvalue weighted by Gasteiger charge is 2.54. The van der Waals surface area contributed by atoms with Crippen LogP contribution in [0.15, 0.2) is 58.9 Å². The average molecular weight is 464 g/mol. The molecule has 0 aliphatic heterocycles. The smallest absolute Gasteiger partial charge is 0.419 e. The summed E-state index contributed by atoms with van der Waals surface area (Å²) in [7, 11) is 1.29. The first-order chi connectivity index (χ1) is 15.4. The van der Waals surface area contributed by atoms with Crippen LogP contribution >= 0.6 is 0 Å². The second kappa shape index (κ2) is 9.27. The Morgan fingerprint density at radius 2 is 1.85 bits per heavy atom. The summed E-state index contributed by atoms with van der Waals surface area (Å²) < 4.78 is 61.3. The summed E-state index contributed by atoms with van der Waals surface area (Å²) in [5.41, 5.74) is -1.83. The SMILES string of the molecule is COc1ccc(C(CC(O)(CNc2cccc3[nH]c(=O)ccc23)C(F)(F)F)=C(C)C)cc1F. The highest BCUT2D eigenvalue weighted by atomic mass is 19.4. The fourth-order valence-electron chi connectivity index (χ4n) is 3.56. The van der Waals surface area contributed by atoms with Crippen molar-refractivity contribution in [3.05, 3.63) is 75.8 Å². The van der Waals surface area contributed by atoms with Crippen LogP contribution in [0, 0.1) is 5.82 Å². The molecule has 0 aliphatic rings. The normalized spacial score (nSPS) is 13.5. The molecule has 2 aromatic carbocycles. The third kappa shape index (κ3) is 5.19. The van der Waals surface area contributed by atoms with E-state index in [-0.39, 0.29) is 22.4 Å². The molecule has 0 amide bonds. The molecule has 3 N–H and O–H groups in total. The van der Waals surface area contributed by atoms with Crippen LogP contribution in [0.4, 0.5) is 23.2 Å². The van der Waals surface area contributed by atoms with Crippen LogP contribution in [0.2, 0.25) is 0 Å². The molecule has 0 bridgehead atoms. The molecule has 0 saturated heterocycles. The Bertz CT molecular complexity index is 1250. The number of aromatic amines is 1. The summed E-state index contributed by atoms with van der Waals surface area (Å²) in [4.78, 5) is 14.1. The molecule has 0 radical (unpaired) electrons. The number of alkyl halides is 3. The number of rotatable bonds is 7. The van der Waals surface area contributed by atoms with E-state index in [0.29, 0.717) is 22.2 Å². The van der Waals surface area contributed by atoms with Gasteiger partial charge in [-0.15, -0.1) is 0 Å². The lowest BCUT2D eigenvalue weighted by atomic mass is 9.87. The second-order valence-electron chi connectivity index (χ2n) is 7.98. The number of hydrogen-bond acceptors (Lipinski definition) is 4. The highest BCUT2D eigenvalue weighted by Crippen LogP contribution is 2.40. The van der Waals surface area contributed by atoms with Crippen LogP contribution in [-0.4, -0.2) is 35.5 Å². The third-order valence-corrected chi connectivity index (χ3v) is 5.44. The first-order valence-electron chi connectivity index (χ1n) is 10.1. The maximum Gasteiger partial charge on any atom is 0.419 e. The maximum absolute atomic E-state index is 14.2. The van der Waals surface area contributed by atoms with Gasteiger partial charge in [0, 0.05) is 23.6 Å². The lowest BCUT2D eigenvalue weighted by molar-refractivity contribution is -0.252. The van der Waals surface area contributed by atoms with E-state index in [4.69, 9.17) is 4.74 Å². The van der Waals surface area contributed by atoms with Gasteiger partial charge in [0.2, 0.25) is 5.56 Å². The third-order valence-electron chi connectivity index (χ3n) is 5.44. The minimum atomic E-state index is -4.98. The molecule has 176 valence electrons. The van der Waals surface area contributed by atoms with Crippen molar-refractivity contribution in [1.29, 1.82) is 0 Å². The van der Waals surface area contributed by atoms with E-state index in [1.165, 1.54) is 31.4 Å². The van der Waals surface area contributed by atoms with Crippen molar-refractivity contribution < 1.29 is 27.4 Å². The van der Waals surface area contributed by atoms with Crippen LogP contribution < -0.4 is 15.6 Å². The molecule has 1 heterocycles. The number of halogens is 4. The largest absolute Gasteiger partial charge is 0.494 e. The van der Waals surface area contributed by atoms with E-state index in [2.05, 4.69) is 10.3 Å². The van der Waals surface area contributed by atoms with Gasteiger partial charge in [0.25, 0.3) is 0 Å². The van der Waals surface area contributed by atoms with Crippen molar-refractivity contribution >= 4 is 22.2 Å². The van der Waals surface area contributed by atoms with Crippen LogP contribution in [0.3, 0.4) is 0 Å². The lowest BCUT2D eigenvalue weighted by Crippen LogP contribution is -2.50. The zero-order valence-electron chi connectivity index (χ0n) is 18.3. The molecule has 1 aromatic heterocycles. The average Bonchev–Trinajstić information content (AvgIpc) is 2.74. The number of methoxy groups -OCH3 is 1. The zero-order valence-corrected chi connectivity index (χ0v) is 18.3. The number of aliphatic hydroxyl groups is 1. The molecule has 3 aromatic rings. The first-order valence-corrected chi connectivity index (χ1v) is 10.1. The van der Waals surface area contributed by atoms with Gasteiger partial charge in [0.15, 0.2) is 17.2 Å². The summed E-state index contributed by atoms with van der Waals surface area (Å²) in [5, 5.41) is 14.0. The quantitative estimate of drug-likeness (QED) is 0.417. The number of hydrogen-bond donors (Lipinski definition) is 3. The number of allylic oxidation sites excluding steroid dienone is 1. The Labute approximate surface area is 187 Å². The number of aromatic nitrogens is 1. The number of anilines is 1. The number of fused-ring (bicyclic) bond motifs is 1. The lowest BCUT2D eigenvalue weighted by Gasteiger charge is -2.33. The van der Waals surface area contributed by atoms with Crippen molar-refractivity contribution in [2.75, 3.05) is 19.0 Å². The predicted octanol–water partition coefficient (Wildman–Crippen LogP) is 5.26. The van der Waals surface area contributed by atoms with Gasteiger partial charge in [-0.25, -0.2) is 4.39 Å². The van der Waals surface area contributed by atoms with Crippen molar-refractivity contribution in [2.24, 2.45) is 0 Å². The molecular weight excluding hydrogens is 440 g/mol. The summed E-state index contributed by atoms with van der Waals surface area (Å²) >= 11 is 0. The van der Waals surface area contributed by atoms with E-state index in [0.717, 1.165) is 6.07 Å². The molecule has 3 rings (SSSR count). The molecular formula is C24H24F4N2O3. The number of benzene rings is 2. The fourth-order valence-corrected chi connectivity index (χ4v) is 3.56. The topological polar surface area (TPSA) is 74.3 Å². The maximum atomic E-state index is 14.2. The molecule has 0 saturated carbocycles. The van der Waals surface area contributed by atoms with Crippen molar-refractivity contribution in [1.82, 2.24) is 4.98 Å². The Hall–Kier alpha value is -3.33. The number of nitrogens with one attached hydrogen (secondary N) is 2. The zero-order chi connectivity index (χ0) is 24.4. The number of pyridine rings is 1. The van der Waals surface area contributed by atoms with Gasteiger partial charge in [-0.1, -0.05) is 17.7 Å². The second-order valence-corrected chi connectivity index (χ2v) is 7.98. The molecule has 1 atom stereocenters. The van der Waals surface area contributed by atoms with Crippen LogP contribution in [0.5, 0.6) is 5.75 Å².